The summed E-state index contributed by atoms with van der Waals surface area (Å²) in [5.74, 6) is 0.682. The van der Waals surface area contributed by atoms with E-state index in [2.05, 4.69) is 13.8 Å². The topological polar surface area (TPSA) is 46.3 Å². The summed E-state index contributed by atoms with van der Waals surface area (Å²) in [6, 6.07) is -0.288. The monoisotopic (exact) mass is 288 g/mol. The summed E-state index contributed by atoms with van der Waals surface area (Å²) in [5, 5.41) is 0. The van der Waals surface area contributed by atoms with Crippen molar-refractivity contribution >= 4 is 18.3 Å². The Labute approximate surface area is 123 Å². The molecular weight excluding hydrogens is 260 g/mol. The van der Waals surface area contributed by atoms with Gasteiger partial charge in [-0.05, 0) is 37.0 Å². The molecule has 2 N–H and O–H groups in total. The number of likely N-dealkylation sites (tertiary alicyclic amines) is 1. The van der Waals surface area contributed by atoms with Crippen molar-refractivity contribution in [3.05, 3.63) is 0 Å². The average molecular weight is 289 g/mol. The standard InChI is InChI=1S/C15H28N2O.ClH/c1-12(2)10-13(16)14(18)17-9-8-15(11-17)6-4-3-5-7-15;/h12-13H,3-11,16H2,1-2H3;1H/t13-;/m0./s1. The van der Waals surface area contributed by atoms with Crippen molar-refractivity contribution in [1.82, 2.24) is 4.90 Å². The zero-order valence-corrected chi connectivity index (χ0v) is 13.2. The van der Waals surface area contributed by atoms with E-state index in [-0.39, 0.29) is 24.4 Å². The first-order chi connectivity index (χ1) is 8.52. The molecule has 1 saturated heterocycles. The first-order valence-corrected chi connectivity index (χ1v) is 7.57. The minimum Gasteiger partial charge on any atom is -0.341 e. The van der Waals surface area contributed by atoms with Crippen molar-refractivity contribution in [2.45, 2.75) is 64.8 Å². The Morgan fingerprint density at radius 2 is 1.84 bits per heavy atom. The van der Waals surface area contributed by atoms with Crippen LogP contribution >= 0.6 is 12.4 Å². The van der Waals surface area contributed by atoms with Crippen LogP contribution in [0.25, 0.3) is 0 Å². The summed E-state index contributed by atoms with van der Waals surface area (Å²) in [4.78, 5) is 14.3. The molecule has 1 heterocycles. The van der Waals surface area contributed by atoms with Crippen molar-refractivity contribution in [2.75, 3.05) is 13.1 Å². The summed E-state index contributed by atoms with van der Waals surface area (Å²) in [6.07, 6.45) is 8.71. The third-order valence-corrected chi connectivity index (χ3v) is 4.71. The van der Waals surface area contributed by atoms with Gasteiger partial charge in [0.05, 0.1) is 6.04 Å². The van der Waals surface area contributed by atoms with Gasteiger partial charge in [0.1, 0.15) is 0 Å². The van der Waals surface area contributed by atoms with Gasteiger partial charge in [0.25, 0.3) is 0 Å². The molecule has 0 unspecified atom stereocenters. The van der Waals surface area contributed by atoms with Crippen molar-refractivity contribution in [2.24, 2.45) is 17.1 Å². The number of nitrogens with two attached hydrogens (primary N) is 1. The van der Waals surface area contributed by atoms with Gasteiger partial charge >= 0.3 is 0 Å². The maximum absolute atomic E-state index is 12.3. The largest absolute Gasteiger partial charge is 0.341 e. The molecule has 2 fully saturated rings. The van der Waals surface area contributed by atoms with Crippen LogP contribution in [0.3, 0.4) is 0 Å². The molecule has 0 aromatic rings. The number of nitrogens with zero attached hydrogens (tertiary/aromatic N) is 1. The molecule has 1 aliphatic carbocycles. The molecule has 0 aromatic heterocycles. The third-order valence-electron chi connectivity index (χ3n) is 4.71. The second-order valence-electron chi connectivity index (χ2n) is 6.81. The van der Waals surface area contributed by atoms with E-state index in [0.29, 0.717) is 11.3 Å². The maximum Gasteiger partial charge on any atom is 0.239 e. The fourth-order valence-electron chi connectivity index (χ4n) is 3.68. The molecular formula is C15H29ClN2O. The van der Waals surface area contributed by atoms with E-state index in [4.69, 9.17) is 5.73 Å². The molecule has 112 valence electrons. The molecule has 3 nitrogen and oxygen atoms in total. The highest BCUT2D eigenvalue weighted by atomic mass is 35.5. The zero-order chi connectivity index (χ0) is 13.2. The van der Waals surface area contributed by atoms with Crippen molar-refractivity contribution < 1.29 is 4.79 Å². The summed E-state index contributed by atoms with van der Waals surface area (Å²) in [5.41, 5.74) is 6.47. The van der Waals surface area contributed by atoms with Gasteiger partial charge in [0.15, 0.2) is 0 Å². The molecule has 0 aromatic carbocycles. The van der Waals surface area contributed by atoms with E-state index in [1.807, 2.05) is 4.90 Å². The number of hydrogen-bond acceptors (Lipinski definition) is 2. The molecule has 1 amide bonds. The van der Waals surface area contributed by atoms with E-state index >= 15 is 0 Å². The van der Waals surface area contributed by atoms with E-state index in [1.165, 1.54) is 38.5 Å². The molecule has 1 atom stereocenters. The predicted molar refractivity (Wildman–Crippen MR) is 81.4 cm³/mol. The predicted octanol–water partition coefficient (Wildman–Crippen LogP) is 2.96. The van der Waals surface area contributed by atoms with Crippen LogP contribution in [-0.2, 0) is 4.79 Å². The maximum atomic E-state index is 12.3. The molecule has 1 saturated carbocycles. The molecule has 0 radical (unpaired) electrons. The fraction of sp³-hybridized carbons (Fsp3) is 0.933. The number of hydrogen-bond donors (Lipinski definition) is 1. The zero-order valence-electron chi connectivity index (χ0n) is 12.4. The molecule has 2 rings (SSSR count). The lowest BCUT2D eigenvalue weighted by molar-refractivity contribution is -0.132. The number of carbonyl (C=O) groups excluding carboxylic acids is 1. The fourth-order valence-corrected chi connectivity index (χ4v) is 3.68. The number of carbonyl (C=O) groups is 1. The van der Waals surface area contributed by atoms with Crippen molar-refractivity contribution in [1.29, 1.82) is 0 Å². The highest BCUT2D eigenvalue weighted by molar-refractivity contribution is 5.85. The van der Waals surface area contributed by atoms with Gasteiger partial charge in [0.2, 0.25) is 5.91 Å². The first-order valence-electron chi connectivity index (χ1n) is 7.57. The van der Waals surface area contributed by atoms with E-state index in [1.54, 1.807) is 0 Å². The van der Waals surface area contributed by atoms with E-state index in [0.717, 1.165) is 19.5 Å². The van der Waals surface area contributed by atoms with Gasteiger partial charge in [-0.15, -0.1) is 12.4 Å². The smallest absolute Gasteiger partial charge is 0.239 e. The van der Waals surface area contributed by atoms with Crippen LogP contribution in [0.4, 0.5) is 0 Å². The normalized spacial score (nSPS) is 23.5. The van der Waals surface area contributed by atoms with Crippen molar-refractivity contribution in [3.63, 3.8) is 0 Å². The number of amides is 1. The molecule has 2 aliphatic rings. The van der Waals surface area contributed by atoms with Crippen LogP contribution < -0.4 is 5.73 Å². The van der Waals surface area contributed by atoms with Crippen LogP contribution in [0, 0.1) is 11.3 Å². The lowest BCUT2D eigenvalue weighted by atomic mass is 9.73. The van der Waals surface area contributed by atoms with E-state index in [9.17, 15) is 4.79 Å². The van der Waals surface area contributed by atoms with Gasteiger partial charge in [-0.1, -0.05) is 33.1 Å². The van der Waals surface area contributed by atoms with Gasteiger partial charge in [-0.2, -0.15) is 0 Å². The second-order valence-corrected chi connectivity index (χ2v) is 6.81. The minimum absolute atomic E-state index is 0. The summed E-state index contributed by atoms with van der Waals surface area (Å²) in [7, 11) is 0. The number of halogens is 1. The quantitative estimate of drug-likeness (QED) is 0.868. The molecule has 19 heavy (non-hydrogen) atoms. The Morgan fingerprint density at radius 3 is 2.42 bits per heavy atom. The van der Waals surface area contributed by atoms with Gasteiger partial charge < -0.3 is 10.6 Å². The Hall–Kier alpha value is -0.280. The summed E-state index contributed by atoms with van der Waals surface area (Å²) >= 11 is 0. The van der Waals surface area contributed by atoms with Crippen LogP contribution in [0.1, 0.15) is 58.8 Å². The molecule has 1 spiro atoms. The SMILES string of the molecule is CC(C)C[C@H](N)C(=O)N1CCC2(CCCCC2)C1.Cl. The molecule has 1 aliphatic heterocycles. The minimum atomic E-state index is -0.288. The first kappa shape index (κ1) is 16.8. The van der Waals surface area contributed by atoms with Gasteiger partial charge in [-0.3, -0.25) is 4.79 Å². The summed E-state index contributed by atoms with van der Waals surface area (Å²) in [6.45, 7) is 6.15. The third kappa shape index (κ3) is 4.09. The Morgan fingerprint density at radius 1 is 1.21 bits per heavy atom. The Balaban J connectivity index is 0.00000180. The average Bonchev–Trinajstić information content (AvgIpc) is 2.72. The summed E-state index contributed by atoms with van der Waals surface area (Å²) < 4.78 is 0. The lowest BCUT2D eigenvalue weighted by Crippen LogP contribution is -2.44. The highest BCUT2D eigenvalue weighted by Crippen LogP contribution is 2.43. The molecule has 4 heteroatoms. The van der Waals surface area contributed by atoms with Crippen LogP contribution in [-0.4, -0.2) is 29.9 Å². The molecule has 0 bridgehead atoms. The number of rotatable bonds is 3. The van der Waals surface area contributed by atoms with E-state index < -0.39 is 0 Å². The van der Waals surface area contributed by atoms with Crippen molar-refractivity contribution in [3.8, 4) is 0 Å². The van der Waals surface area contributed by atoms with Crippen LogP contribution in [0.5, 0.6) is 0 Å². The lowest BCUT2D eigenvalue weighted by Gasteiger charge is -2.33. The van der Waals surface area contributed by atoms with Gasteiger partial charge in [-0.25, -0.2) is 0 Å². The second kappa shape index (κ2) is 6.94. The van der Waals surface area contributed by atoms with Crippen LogP contribution in [0.2, 0.25) is 0 Å². The van der Waals surface area contributed by atoms with Gasteiger partial charge in [0, 0.05) is 13.1 Å². The highest BCUT2D eigenvalue weighted by Gasteiger charge is 2.41. The Bertz CT molecular complexity index is 301. The Kier molecular flexibility index (Phi) is 6.13. The van der Waals surface area contributed by atoms with Crippen LogP contribution in [0.15, 0.2) is 0 Å².